The molecule has 0 radical (unpaired) electrons. The third-order valence-electron chi connectivity index (χ3n) is 17.3. The molecule has 6 aliphatic rings. The van der Waals surface area contributed by atoms with Gasteiger partial charge in [-0.3, -0.25) is 9.80 Å². The largest absolute Gasteiger partial charge is 0.478 e. The summed E-state index contributed by atoms with van der Waals surface area (Å²) in [5, 5.41) is 13.9. The Morgan fingerprint density at radius 3 is 2.20 bits per heavy atom. The van der Waals surface area contributed by atoms with Crippen LogP contribution < -0.4 is 5.32 Å². The second kappa shape index (κ2) is 12.8. The van der Waals surface area contributed by atoms with E-state index in [0.717, 1.165) is 18.9 Å². The van der Waals surface area contributed by atoms with Gasteiger partial charge in [-0.25, -0.2) is 4.79 Å². The zero-order chi connectivity index (χ0) is 36.8. The van der Waals surface area contributed by atoms with Gasteiger partial charge in [-0.05, 0) is 160 Å². The van der Waals surface area contributed by atoms with E-state index in [2.05, 4.69) is 90.1 Å². The molecule has 1 heterocycles. The molecule has 0 amide bonds. The van der Waals surface area contributed by atoms with Crippen molar-refractivity contribution in [3.05, 3.63) is 53.6 Å². The molecule has 1 aromatic carbocycles. The summed E-state index contributed by atoms with van der Waals surface area (Å²) in [6.45, 7) is 34.2. The molecule has 0 bridgehead atoms. The van der Waals surface area contributed by atoms with Crippen LogP contribution in [0.25, 0.3) is 5.57 Å². The molecule has 5 aliphatic carbocycles. The first-order chi connectivity index (χ1) is 23.9. The third-order valence-corrected chi connectivity index (χ3v) is 17.3. The van der Waals surface area contributed by atoms with E-state index >= 15 is 0 Å². The average molecular weight is 698 g/mol. The second-order valence-corrected chi connectivity index (χ2v) is 20.7. The molecular formula is C46H71N3O2. The summed E-state index contributed by atoms with van der Waals surface area (Å²) in [4.78, 5) is 16.9. The van der Waals surface area contributed by atoms with Gasteiger partial charge in [0.2, 0.25) is 0 Å². The van der Waals surface area contributed by atoms with Crippen molar-refractivity contribution in [1.82, 2.24) is 15.1 Å². The Balaban J connectivity index is 1.12. The summed E-state index contributed by atoms with van der Waals surface area (Å²) in [5.41, 5.74) is 5.91. The lowest BCUT2D eigenvalue weighted by atomic mass is 9.33. The standard InChI is InChI=1S/C46H71N3O2/c1-31(2)34-17-22-46(47-25-26-48-27-29-49(30-28-48)41(3,4)5)24-23-44(9)36(39(34)46)15-16-38-43(8)20-18-35(32-11-13-33(14-12-32)40(50)51)42(6,7)37(43)19-21-45(38,44)10/h11-14,18,34,36-39,47H,1,15-17,19-30H2,2-10H3,(H,50,51)/t34-,36+,37-,38+,39+,43-,44?,45+,46-/m0/s1. The van der Waals surface area contributed by atoms with Gasteiger partial charge in [-0.2, -0.15) is 0 Å². The highest BCUT2D eigenvalue weighted by molar-refractivity contribution is 5.88. The minimum Gasteiger partial charge on any atom is -0.478 e. The molecule has 7 rings (SSSR count). The molecule has 0 spiro atoms. The lowest BCUT2D eigenvalue weighted by Crippen LogP contribution is -2.68. The summed E-state index contributed by atoms with van der Waals surface area (Å²) < 4.78 is 0. The van der Waals surface area contributed by atoms with Crippen LogP contribution in [-0.2, 0) is 0 Å². The number of allylic oxidation sites excluding steroid dienone is 3. The van der Waals surface area contributed by atoms with Gasteiger partial charge in [0.15, 0.2) is 0 Å². The Morgan fingerprint density at radius 2 is 1.57 bits per heavy atom. The Morgan fingerprint density at radius 1 is 0.882 bits per heavy atom. The van der Waals surface area contributed by atoms with Crippen molar-refractivity contribution in [1.29, 1.82) is 0 Å². The van der Waals surface area contributed by atoms with Crippen LogP contribution in [0.15, 0.2) is 42.5 Å². The zero-order valence-corrected chi connectivity index (χ0v) is 33.8. The van der Waals surface area contributed by atoms with Crippen LogP contribution in [0, 0.1) is 51.2 Å². The van der Waals surface area contributed by atoms with Gasteiger partial charge in [0.1, 0.15) is 0 Å². The fraction of sp³-hybridized carbons (Fsp3) is 0.761. The van der Waals surface area contributed by atoms with Crippen LogP contribution in [0.5, 0.6) is 0 Å². The highest BCUT2D eigenvalue weighted by Crippen LogP contribution is 2.76. The fourth-order valence-corrected chi connectivity index (χ4v) is 14.4. The van der Waals surface area contributed by atoms with E-state index in [1.807, 2.05) is 12.1 Å². The molecule has 5 heteroatoms. The lowest BCUT2D eigenvalue weighted by molar-refractivity contribution is -0.219. The number of rotatable bonds is 7. The van der Waals surface area contributed by atoms with Gasteiger partial charge in [0.05, 0.1) is 5.56 Å². The Labute approximate surface area is 311 Å². The smallest absolute Gasteiger partial charge is 0.335 e. The average Bonchev–Trinajstić information content (AvgIpc) is 3.45. The van der Waals surface area contributed by atoms with E-state index < -0.39 is 5.97 Å². The number of hydrogen-bond acceptors (Lipinski definition) is 4. The minimum atomic E-state index is -0.852. The van der Waals surface area contributed by atoms with Crippen molar-refractivity contribution < 1.29 is 9.90 Å². The molecule has 0 aromatic heterocycles. The zero-order valence-electron chi connectivity index (χ0n) is 33.8. The number of aromatic carboxylic acids is 1. The van der Waals surface area contributed by atoms with Crippen molar-refractivity contribution in [3.8, 4) is 0 Å². The number of fused-ring (bicyclic) bond motifs is 7. The summed E-state index contributed by atoms with van der Waals surface area (Å²) in [6.07, 6.45) is 14.3. The molecular weight excluding hydrogens is 627 g/mol. The van der Waals surface area contributed by atoms with Crippen molar-refractivity contribution in [2.75, 3.05) is 39.3 Å². The maximum atomic E-state index is 11.6. The third kappa shape index (κ3) is 5.84. The summed E-state index contributed by atoms with van der Waals surface area (Å²) >= 11 is 0. The maximum Gasteiger partial charge on any atom is 0.335 e. The topological polar surface area (TPSA) is 55.8 Å². The normalized spacial score (nSPS) is 41.1. The molecule has 4 saturated carbocycles. The van der Waals surface area contributed by atoms with Crippen molar-refractivity contribution in [2.45, 2.75) is 131 Å². The van der Waals surface area contributed by atoms with Crippen molar-refractivity contribution >= 4 is 11.5 Å². The molecule has 5 fully saturated rings. The van der Waals surface area contributed by atoms with Gasteiger partial charge < -0.3 is 10.4 Å². The monoisotopic (exact) mass is 698 g/mol. The summed E-state index contributed by atoms with van der Waals surface area (Å²) in [5.74, 6) is 2.55. The van der Waals surface area contributed by atoms with E-state index in [1.165, 1.54) is 101 Å². The molecule has 1 aromatic rings. The summed E-state index contributed by atoms with van der Waals surface area (Å²) in [6, 6.07) is 7.67. The first-order valence-electron chi connectivity index (χ1n) is 20.8. The molecule has 1 unspecified atom stereocenters. The van der Waals surface area contributed by atoms with Crippen LogP contribution in [0.3, 0.4) is 0 Å². The maximum absolute atomic E-state index is 11.6. The lowest BCUT2D eigenvalue weighted by Gasteiger charge is -2.72. The first-order valence-corrected chi connectivity index (χ1v) is 20.8. The first kappa shape index (κ1) is 37.4. The van der Waals surface area contributed by atoms with E-state index in [1.54, 1.807) is 12.1 Å². The molecule has 9 atom stereocenters. The van der Waals surface area contributed by atoms with E-state index in [4.69, 9.17) is 0 Å². The second-order valence-electron chi connectivity index (χ2n) is 20.7. The van der Waals surface area contributed by atoms with Crippen LogP contribution in [0.2, 0.25) is 0 Å². The number of hydrogen-bond donors (Lipinski definition) is 2. The fourth-order valence-electron chi connectivity index (χ4n) is 14.4. The van der Waals surface area contributed by atoms with Gasteiger partial charge in [-0.15, -0.1) is 0 Å². The van der Waals surface area contributed by atoms with Crippen LogP contribution >= 0.6 is 0 Å². The quantitative estimate of drug-likeness (QED) is 0.278. The predicted octanol–water partition coefficient (Wildman–Crippen LogP) is 9.79. The molecule has 1 aliphatic heterocycles. The number of carboxylic acid groups (broad SMARTS) is 1. The minimum absolute atomic E-state index is 0.0400. The Kier molecular flexibility index (Phi) is 9.40. The molecule has 282 valence electrons. The highest BCUT2D eigenvalue weighted by atomic mass is 16.4. The van der Waals surface area contributed by atoms with Gasteiger partial charge in [0, 0.05) is 50.3 Å². The van der Waals surface area contributed by atoms with Crippen LogP contribution in [0.1, 0.15) is 136 Å². The Bertz CT molecular complexity index is 1530. The van der Waals surface area contributed by atoms with Crippen molar-refractivity contribution in [3.63, 3.8) is 0 Å². The number of carbonyl (C=O) groups is 1. The number of carboxylic acids is 1. The molecule has 1 saturated heterocycles. The van der Waals surface area contributed by atoms with E-state index in [9.17, 15) is 9.90 Å². The van der Waals surface area contributed by atoms with Gasteiger partial charge in [0.25, 0.3) is 0 Å². The molecule has 51 heavy (non-hydrogen) atoms. The van der Waals surface area contributed by atoms with Crippen LogP contribution in [-0.4, -0.2) is 71.2 Å². The van der Waals surface area contributed by atoms with Gasteiger partial charge >= 0.3 is 5.97 Å². The Hall–Kier alpha value is -1.95. The number of piperazine rings is 1. The van der Waals surface area contributed by atoms with E-state index in [0.29, 0.717) is 40.1 Å². The number of benzene rings is 1. The molecule has 2 N–H and O–H groups in total. The van der Waals surface area contributed by atoms with E-state index in [-0.39, 0.29) is 21.9 Å². The SMILES string of the molecule is C=C(C)[C@@H]1CC[C@]2(NCCN3CCN(C(C)(C)C)CC3)CCC3(C)[C@H](CC[C@@H]4[C@@]5(C)CC=C(c6ccc(C(=O)O)cc6)C(C)(C)[C@@H]5CC[C@]43C)[C@@H]12. The summed E-state index contributed by atoms with van der Waals surface area (Å²) in [7, 11) is 0. The number of nitrogens with zero attached hydrogens (tertiary/aromatic N) is 2. The van der Waals surface area contributed by atoms with Crippen molar-refractivity contribution in [2.24, 2.45) is 51.2 Å². The van der Waals surface area contributed by atoms with Crippen LogP contribution in [0.4, 0.5) is 0 Å². The van der Waals surface area contributed by atoms with Gasteiger partial charge in [-0.1, -0.05) is 65.0 Å². The molecule has 5 nitrogen and oxygen atoms in total. The predicted molar refractivity (Wildman–Crippen MR) is 212 cm³/mol. The number of nitrogens with one attached hydrogen (secondary N) is 1. The highest BCUT2D eigenvalue weighted by Gasteiger charge is 2.70.